The summed E-state index contributed by atoms with van der Waals surface area (Å²) >= 11 is 6.26. The van der Waals surface area contributed by atoms with Gasteiger partial charge in [0.1, 0.15) is 0 Å². The van der Waals surface area contributed by atoms with Crippen LogP contribution in [0.5, 0.6) is 11.5 Å². The van der Waals surface area contributed by atoms with Crippen LogP contribution in [0.15, 0.2) is 36.4 Å². The number of hydrogen-bond donors (Lipinski definition) is 2. The van der Waals surface area contributed by atoms with E-state index >= 15 is 0 Å². The van der Waals surface area contributed by atoms with Gasteiger partial charge in [-0.15, -0.1) is 0 Å². The van der Waals surface area contributed by atoms with Crippen LogP contribution in [0.4, 0.5) is 5.69 Å². The summed E-state index contributed by atoms with van der Waals surface area (Å²) < 4.78 is 10.9. The normalized spacial score (nSPS) is 10.3. The zero-order valence-corrected chi connectivity index (χ0v) is 17.1. The summed E-state index contributed by atoms with van der Waals surface area (Å²) in [5, 5.41) is 5.90. The first kappa shape index (κ1) is 21.6. The number of benzene rings is 2. The molecule has 28 heavy (non-hydrogen) atoms. The molecular weight excluding hydrogens is 380 g/mol. The van der Waals surface area contributed by atoms with E-state index in [0.29, 0.717) is 46.5 Å². The van der Waals surface area contributed by atoms with Crippen molar-refractivity contribution in [3.05, 3.63) is 52.5 Å². The lowest BCUT2D eigenvalue weighted by Gasteiger charge is -2.14. The number of ether oxygens (including phenoxy) is 2. The number of carbonyl (C=O) groups excluding carboxylic acids is 2. The van der Waals surface area contributed by atoms with Crippen LogP contribution in [-0.2, 0) is 0 Å². The molecule has 0 bridgehead atoms. The highest BCUT2D eigenvalue weighted by molar-refractivity contribution is 6.32. The maximum atomic E-state index is 12.6. The number of methoxy groups -OCH3 is 1. The van der Waals surface area contributed by atoms with Gasteiger partial charge < -0.3 is 20.1 Å². The Morgan fingerprint density at radius 2 is 1.71 bits per heavy atom. The summed E-state index contributed by atoms with van der Waals surface area (Å²) in [4.78, 5) is 24.5. The van der Waals surface area contributed by atoms with Gasteiger partial charge in [-0.2, -0.15) is 0 Å². The molecule has 0 unspecified atom stereocenters. The van der Waals surface area contributed by atoms with E-state index in [1.807, 2.05) is 13.8 Å². The number of halogens is 1. The highest BCUT2D eigenvalue weighted by Gasteiger charge is 2.16. The van der Waals surface area contributed by atoms with Crippen LogP contribution in [0.1, 0.15) is 47.4 Å². The Balaban J connectivity index is 2.12. The van der Waals surface area contributed by atoms with Gasteiger partial charge in [0.2, 0.25) is 0 Å². The minimum absolute atomic E-state index is 0.140. The van der Waals surface area contributed by atoms with Crippen LogP contribution in [0.2, 0.25) is 5.02 Å². The van der Waals surface area contributed by atoms with Crippen LogP contribution < -0.4 is 20.1 Å². The van der Waals surface area contributed by atoms with E-state index in [1.54, 1.807) is 30.3 Å². The quantitative estimate of drug-likeness (QED) is 0.643. The minimum atomic E-state index is -0.342. The zero-order valence-electron chi connectivity index (χ0n) is 16.3. The lowest BCUT2D eigenvalue weighted by atomic mass is 10.1. The SMILES string of the molecule is CCCNC(=O)c1ccc(NC(=O)c2cc(Cl)c(OCCC)c(OC)c2)cc1. The Kier molecular flexibility index (Phi) is 8.14. The van der Waals surface area contributed by atoms with E-state index in [2.05, 4.69) is 10.6 Å². The first-order valence-corrected chi connectivity index (χ1v) is 9.57. The highest BCUT2D eigenvalue weighted by atomic mass is 35.5. The van der Waals surface area contributed by atoms with Gasteiger partial charge in [0.25, 0.3) is 11.8 Å². The summed E-state index contributed by atoms with van der Waals surface area (Å²) in [6.45, 7) is 5.10. The fraction of sp³-hybridized carbons (Fsp3) is 0.333. The van der Waals surface area contributed by atoms with Crippen molar-refractivity contribution in [1.29, 1.82) is 0 Å². The Labute approximate surface area is 170 Å². The number of amides is 2. The predicted octanol–water partition coefficient (Wildman–Crippen LogP) is 4.53. The molecule has 6 nitrogen and oxygen atoms in total. The molecule has 2 amide bonds. The molecule has 2 aromatic carbocycles. The van der Waals surface area contributed by atoms with E-state index in [9.17, 15) is 9.59 Å². The van der Waals surface area contributed by atoms with Crippen LogP contribution in [0.3, 0.4) is 0 Å². The Bertz CT molecular complexity index is 822. The van der Waals surface area contributed by atoms with Crippen molar-refractivity contribution in [2.24, 2.45) is 0 Å². The highest BCUT2D eigenvalue weighted by Crippen LogP contribution is 2.36. The van der Waals surface area contributed by atoms with Crippen molar-refractivity contribution >= 4 is 29.1 Å². The molecule has 0 aliphatic heterocycles. The summed E-state index contributed by atoms with van der Waals surface area (Å²) in [5.41, 5.74) is 1.45. The van der Waals surface area contributed by atoms with Crippen molar-refractivity contribution in [1.82, 2.24) is 5.32 Å². The lowest BCUT2D eigenvalue weighted by molar-refractivity contribution is 0.0953. The second kappa shape index (κ2) is 10.6. The number of carbonyl (C=O) groups is 2. The topological polar surface area (TPSA) is 76.7 Å². The molecule has 0 fully saturated rings. The molecular formula is C21H25ClN2O4. The smallest absolute Gasteiger partial charge is 0.255 e. The number of anilines is 1. The number of nitrogens with one attached hydrogen (secondary N) is 2. The van der Waals surface area contributed by atoms with Gasteiger partial charge in [0.15, 0.2) is 11.5 Å². The maximum absolute atomic E-state index is 12.6. The van der Waals surface area contributed by atoms with Crippen molar-refractivity contribution in [3.63, 3.8) is 0 Å². The second-order valence-corrected chi connectivity index (χ2v) is 6.53. The van der Waals surface area contributed by atoms with Gasteiger partial charge in [-0.1, -0.05) is 25.4 Å². The van der Waals surface area contributed by atoms with E-state index < -0.39 is 0 Å². The van der Waals surface area contributed by atoms with Gasteiger partial charge in [0, 0.05) is 23.4 Å². The van der Waals surface area contributed by atoms with Gasteiger partial charge in [-0.25, -0.2) is 0 Å². The first-order valence-electron chi connectivity index (χ1n) is 9.20. The minimum Gasteiger partial charge on any atom is -0.493 e. The average Bonchev–Trinajstić information content (AvgIpc) is 2.71. The van der Waals surface area contributed by atoms with Crippen LogP contribution in [0, 0.1) is 0 Å². The van der Waals surface area contributed by atoms with E-state index in [0.717, 1.165) is 12.8 Å². The van der Waals surface area contributed by atoms with Crippen LogP contribution in [0.25, 0.3) is 0 Å². The number of rotatable bonds is 9. The number of hydrogen-bond acceptors (Lipinski definition) is 4. The van der Waals surface area contributed by atoms with Gasteiger partial charge >= 0.3 is 0 Å². The van der Waals surface area contributed by atoms with Crippen molar-refractivity contribution < 1.29 is 19.1 Å². The third-order valence-corrected chi connectivity index (χ3v) is 4.16. The first-order chi connectivity index (χ1) is 13.5. The van der Waals surface area contributed by atoms with Crippen molar-refractivity contribution in [2.45, 2.75) is 26.7 Å². The predicted molar refractivity (Wildman–Crippen MR) is 111 cm³/mol. The molecule has 0 aliphatic carbocycles. The molecule has 2 rings (SSSR count). The summed E-state index contributed by atoms with van der Waals surface area (Å²) in [6.07, 6.45) is 1.70. The molecule has 0 atom stereocenters. The molecule has 150 valence electrons. The molecule has 0 saturated heterocycles. The standard InChI is InChI=1S/C21H25ClN2O4/c1-4-10-23-20(25)14-6-8-16(9-7-14)24-21(26)15-12-17(22)19(28-11-5-2)18(13-15)27-3/h6-9,12-13H,4-5,10-11H2,1-3H3,(H,23,25)(H,24,26). The molecule has 0 saturated carbocycles. The van der Waals surface area contributed by atoms with Gasteiger partial charge in [-0.3, -0.25) is 9.59 Å². The lowest BCUT2D eigenvalue weighted by Crippen LogP contribution is -2.23. The Hall–Kier alpha value is -2.73. The fourth-order valence-corrected chi connectivity index (χ4v) is 2.71. The molecule has 7 heteroatoms. The fourth-order valence-electron chi connectivity index (χ4n) is 2.44. The zero-order chi connectivity index (χ0) is 20.5. The van der Waals surface area contributed by atoms with Crippen LogP contribution in [-0.4, -0.2) is 32.1 Å². The van der Waals surface area contributed by atoms with Gasteiger partial charge in [-0.05, 0) is 49.2 Å². The molecule has 0 radical (unpaired) electrons. The largest absolute Gasteiger partial charge is 0.493 e. The molecule has 0 aromatic heterocycles. The van der Waals surface area contributed by atoms with Crippen LogP contribution >= 0.6 is 11.6 Å². The average molecular weight is 405 g/mol. The maximum Gasteiger partial charge on any atom is 0.255 e. The van der Waals surface area contributed by atoms with Gasteiger partial charge in [0.05, 0.1) is 18.7 Å². The van der Waals surface area contributed by atoms with Crippen molar-refractivity contribution in [3.8, 4) is 11.5 Å². The Morgan fingerprint density at radius 3 is 2.32 bits per heavy atom. The van der Waals surface area contributed by atoms with E-state index in [4.69, 9.17) is 21.1 Å². The molecule has 0 spiro atoms. The Morgan fingerprint density at radius 1 is 1.00 bits per heavy atom. The summed E-state index contributed by atoms with van der Waals surface area (Å²) in [6, 6.07) is 9.80. The van der Waals surface area contributed by atoms with E-state index in [-0.39, 0.29) is 11.8 Å². The molecule has 2 N–H and O–H groups in total. The summed E-state index contributed by atoms with van der Waals surface area (Å²) in [7, 11) is 1.49. The van der Waals surface area contributed by atoms with Crippen molar-refractivity contribution in [2.75, 3.05) is 25.6 Å². The third kappa shape index (κ3) is 5.63. The monoisotopic (exact) mass is 404 g/mol. The summed E-state index contributed by atoms with van der Waals surface area (Å²) in [5.74, 6) is 0.336. The molecule has 2 aromatic rings. The molecule has 0 heterocycles. The molecule has 0 aliphatic rings. The van der Waals surface area contributed by atoms with E-state index in [1.165, 1.54) is 13.2 Å². The third-order valence-electron chi connectivity index (χ3n) is 3.88. The second-order valence-electron chi connectivity index (χ2n) is 6.13.